The lowest BCUT2D eigenvalue weighted by atomic mass is 10.5. The first-order chi connectivity index (χ1) is 7.15. The van der Waals surface area contributed by atoms with Crippen molar-refractivity contribution in [3.05, 3.63) is 29.7 Å². The second kappa shape index (κ2) is 3.49. The SMILES string of the molecule is Cc1cc(Oc2ccc(C(=O)O)o2)n[nH]1. The lowest BCUT2D eigenvalue weighted by molar-refractivity contribution is 0.0657. The number of nitrogens with zero attached hydrogens (tertiary/aromatic N) is 1. The Balaban J connectivity index is 2.14. The highest BCUT2D eigenvalue weighted by atomic mass is 16.6. The van der Waals surface area contributed by atoms with Crippen LogP contribution in [0.4, 0.5) is 0 Å². The van der Waals surface area contributed by atoms with Gasteiger partial charge >= 0.3 is 5.97 Å². The molecule has 78 valence electrons. The molecule has 0 amide bonds. The van der Waals surface area contributed by atoms with Crippen LogP contribution in [-0.4, -0.2) is 21.3 Å². The fraction of sp³-hybridized carbons (Fsp3) is 0.111. The number of aromatic nitrogens is 2. The van der Waals surface area contributed by atoms with E-state index in [1.54, 1.807) is 6.07 Å². The van der Waals surface area contributed by atoms with Crippen LogP contribution in [0, 0.1) is 6.92 Å². The molecule has 2 aromatic heterocycles. The van der Waals surface area contributed by atoms with Gasteiger partial charge in [-0.2, -0.15) is 0 Å². The second-order valence-electron chi connectivity index (χ2n) is 2.92. The quantitative estimate of drug-likeness (QED) is 0.802. The van der Waals surface area contributed by atoms with Gasteiger partial charge in [0.15, 0.2) is 0 Å². The summed E-state index contributed by atoms with van der Waals surface area (Å²) in [7, 11) is 0. The van der Waals surface area contributed by atoms with Gasteiger partial charge in [-0.25, -0.2) is 4.79 Å². The van der Waals surface area contributed by atoms with Crippen LogP contribution in [0.5, 0.6) is 11.8 Å². The van der Waals surface area contributed by atoms with Crippen molar-refractivity contribution < 1.29 is 19.1 Å². The van der Waals surface area contributed by atoms with E-state index in [2.05, 4.69) is 10.2 Å². The molecule has 6 nitrogen and oxygen atoms in total. The maximum absolute atomic E-state index is 10.5. The molecule has 0 spiro atoms. The van der Waals surface area contributed by atoms with Gasteiger partial charge < -0.3 is 14.3 Å². The van der Waals surface area contributed by atoms with Gasteiger partial charge in [0.2, 0.25) is 11.6 Å². The molecule has 15 heavy (non-hydrogen) atoms. The summed E-state index contributed by atoms with van der Waals surface area (Å²) < 4.78 is 10.0. The van der Waals surface area contributed by atoms with Crippen molar-refractivity contribution >= 4 is 5.97 Å². The third kappa shape index (κ3) is 1.98. The average Bonchev–Trinajstić information content (AvgIpc) is 2.76. The molecule has 0 unspecified atom stereocenters. The minimum Gasteiger partial charge on any atom is -0.475 e. The molecule has 0 aliphatic heterocycles. The minimum atomic E-state index is -1.14. The maximum Gasteiger partial charge on any atom is 0.371 e. The molecule has 0 atom stereocenters. The summed E-state index contributed by atoms with van der Waals surface area (Å²) in [5, 5.41) is 15.1. The Morgan fingerprint density at radius 2 is 2.40 bits per heavy atom. The summed E-state index contributed by atoms with van der Waals surface area (Å²) in [6, 6.07) is 4.41. The number of hydrogen-bond donors (Lipinski definition) is 2. The van der Waals surface area contributed by atoms with Gasteiger partial charge in [0, 0.05) is 17.8 Å². The number of carbonyl (C=O) groups is 1. The summed E-state index contributed by atoms with van der Waals surface area (Å²) >= 11 is 0. The standard InChI is InChI=1S/C9H8N2O4/c1-5-4-7(11-10-5)15-8-3-2-6(14-8)9(12)13/h2-4H,1H3,(H,10,11)(H,12,13). The molecule has 0 aromatic carbocycles. The zero-order valence-electron chi connectivity index (χ0n) is 7.85. The molecular weight excluding hydrogens is 200 g/mol. The molecule has 0 fully saturated rings. The maximum atomic E-state index is 10.5. The van der Waals surface area contributed by atoms with E-state index in [4.69, 9.17) is 14.3 Å². The van der Waals surface area contributed by atoms with E-state index in [9.17, 15) is 4.79 Å². The van der Waals surface area contributed by atoms with Gasteiger partial charge in [-0.3, -0.25) is 5.10 Å². The Labute approximate surface area is 84.5 Å². The Kier molecular flexibility index (Phi) is 2.17. The molecule has 0 radical (unpaired) electrons. The molecule has 0 aliphatic rings. The number of hydrogen-bond acceptors (Lipinski definition) is 4. The van der Waals surface area contributed by atoms with E-state index in [-0.39, 0.29) is 11.7 Å². The fourth-order valence-electron chi connectivity index (χ4n) is 1.04. The zero-order chi connectivity index (χ0) is 10.8. The first-order valence-electron chi connectivity index (χ1n) is 4.18. The van der Waals surface area contributed by atoms with E-state index in [1.807, 2.05) is 6.92 Å². The third-order valence-corrected chi connectivity index (χ3v) is 1.68. The topological polar surface area (TPSA) is 88.3 Å². The van der Waals surface area contributed by atoms with Gasteiger partial charge in [0.1, 0.15) is 0 Å². The van der Waals surface area contributed by atoms with Crippen molar-refractivity contribution in [1.82, 2.24) is 10.2 Å². The van der Waals surface area contributed by atoms with Gasteiger partial charge in [0.25, 0.3) is 5.95 Å². The molecule has 2 aromatic rings. The number of H-pyrrole nitrogens is 1. The van der Waals surface area contributed by atoms with Crippen LogP contribution in [0.3, 0.4) is 0 Å². The van der Waals surface area contributed by atoms with Gasteiger partial charge in [-0.05, 0) is 13.0 Å². The van der Waals surface area contributed by atoms with Crippen molar-refractivity contribution in [1.29, 1.82) is 0 Å². The normalized spacial score (nSPS) is 10.2. The van der Waals surface area contributed by atoms with Gasteiger partial charge in [-0.1, -0.05) is 0 Å². The van der Waals surface area contributed by atoms with Crippen molar-refractivity contribution in [3.8, 4) is 11.8 Å². The largest absolute Gasteiger partial charge is 0.475 e. The predicted octanol–water partition coefficient (Wildman–Crippen LogP) is 1.80. The highest BCUT2D eigenvalue weighted by Crippen LogP contribution is 2.22. The van der Waals surface area contributed by atoms with E-state index in [1.165, 1.54) is 12.1 Å². The molecule has 2 heterocycles. The van der Waals surface area contributed by atoms with E-state index < -0.39 is 5.97 Å². The van der Waals surface area contributed by atoms with E-state index >= 15 is 0 Å². The summed E-state index contributed by atoms with van der Waals surface area (Å²) in [6.45, 7) is 1.82. The van der Waals surface area contributed by atoms with Crippen LogP contribution in [0.1, 0.15) is 16.2 Å². The van der Waals surface area contributed by atoms with Crippen LogP contribution in [0.2, 0.25) is 0 Å². The Morgan fingerprint density at radius 3 is 2.93 bits per heavy atom. The number of carboxylic acid groups (broad SMARTS) is 1. The number of furan rings is 1. The molecule has 0 saturated heterocycles. The number of aryl methyl sites for hydroxylation is 1. The Bertz CT molecular complexity index is 486. The first-order valence-corrected chi connectivity index (χ1v) is 4.18. The highest BCUT2D eigenvalue weighted by molar-refractivity contribution is 5.84. The fourth-order valence-corrected chi connectivity index (χ4v) is 1.04. The highest BCUT2D eigenvalue weighted by Gasteiger charge is 2.10. The second-order valence-corrected chi connectivity index (χ2v) is 2.92. The van der Waals surface area contributed by atoms with E-state index in [0.29, 0.717) is 5.88 Å². The predicted molar refractivity (Wildman–Crippen MR) is 49.1 cm³/mol. The molecule has 0 aliphatic carbocycles. The van der Waals surface area contributed by atoms with Gasteiger partial charge in [-0.15, -0.1) is 5.10 Å². The van der Waals surface area contributed by atoms with Crippen LogP contribution in [-0.2, 0) is 0 Å². The summed E-state index contributed by atoms with van der Waals surface area (Å²) in [6.07, 6.45) is 0. The number of aromatic carboxylic acids is 1. The first kappa shape index (κ1) is 9.32. The average molecular weight is 208 g/mol. The van der Waals surface area contributed by atoms with Crippen LogP contribution < -0.4 is 4.74 Å². The van der Waals surface area contributed by atoms with Crippen molar-refractivity contribution in [3.63, 3.8) is 0 Å². The molecule has 6 heteroatoms. The lowest BCUT2D eigenvalue weighted by Gasteiger charge is -1.94. The number of nitrogens with one attached hydrogen (secondary N) is 1. The van der Waals surface area contributed by atoms with E-state index in [0.717, 1.165) is 5.69 Å². The third-order valence-electron chi connectivity index (χ3n) is 1.68. The van der Waals surface area contributed by atoms with Crippen LogP contribution in [0.25, 0.3) is 0 Å². The molecule has 0 saturated carbocycles. The number of aromatic amines is 1. The number of rotatable bonds is 3. The molecule has 2 N–H and O–H groups in total. The molecular formula is C9H8N2O4. The number of ether oxygens (including phenoxy) is 1. The summed E-state index contributed by atoms with van der Waals surface area (Å²) in [5.41, 5.74) is 0.843. The minimum absolute atomic E-state index is 0.0962. The monoisotopic (exact) mass is 208 g/mol. The van der Waals surface area contributed by atoms with Crippen molar-refractivity contribution in [2.45, 2.75) is 6.92 Å². The van der Waals surface area contributed by atoms with Gasteiger partial charge in [0.05, 0.1) is 0 Å². The van der Waals surface area contributed by atoms with Crippen LogP contribution >= 0.6 is 0 Å². The molecule has 0 bridgehead atoms. The Morgan fingerprint density at radius 1 is 1.60 bits per heavy atom. The zero-order valence-corrected chi connectivity index (χ0v) is 7.85. The van der Waals surface area contributed by atoms with Crippen LogP contribution in [0.15, 0.2) is 22.6 Å². The van der Waals surface area contributed by atoms with Crippen molar-refractivity contribution in [2.75, 3.05) is 0 Å². The van der Waals surface area contributed by atoms with Crippen molar-refractivity contribution in [2.24, 2.45) is 0 Å². The summed E-state index contributed by atoms with van der Waals surface area (Å²) in [5.74, 6) is -0.877. The Hall–Kier alpha value is -2.24. The summed E-state index contributed by atoms with van der Waals surface area (Å²) in [4.78, 5) is 10.5. The number of carboxylic acids is 1. The molecule has 2 rings (SSSR count). The lowest BCUT2D eigenvalue weighted by Crippen LogP contribution is -1.91. The smallest absolute Gasteiger partial charge is 0.371 e.